The van der Waals surface area contributed by atoms with E-state index in [0.29, 0.717) is 5.39 Å². The van der Waals surface area contributed by atoms with Gasteiger partial charge in [0.2, 0.25) is 11.8 Å². The van der Waals surface area contributed by atoms with Crippen LogP contribution in [-0.4, -0.2) is 79.9 Å². The van der Waals surface area contributed by atoms with Gasteiger partial charge >= 0.3 is 13.7 Å². The number of nitrogen functional groups attached to an aromatic ring is 1. The molecule has 5 rings (SSSR count). The first kappa shape index (κ1) is 33.5. The van der Waals surface area contributed by atoms with E-state index in [1.54, 1.807) is 24.3 Å². The molecule has 0 radical (unpaired) electrons. The topological polar surface area (TPSA) is 202 Å². The molecule has 5 N–H and O–H groups in total. The molecule has 46 heavy (non-hydrogen) atoms. The van der Waals surface area contributed by atoms with E-state index in [1.165, 1.54) is 31.9 Å². The molecule has 1 saturated heterocycles. The summed E-state index contributed by atoms with van der Waals surface area (Å²) >= 11 is 0. The molecule has 4 aromatic rings. The van der Waals surface area contributed by atoms with Crippen LogP contribution in [-0.2, 0) is 23.4 Å². The van der Waals surface area contributed by atoms with Crippen LogP contribution in [0.25, 0.3) is 21.9 Å². The van der Waals surface area contributed by atoms with E-state index in [2.05, 4.69) is 20.0 Å². The summed E-state index contributed by atoms with van der Waals surface area (Å²) < 4.78 is 44.2. The molecule has 248 valence electrons. The number of nitrogens with two attached hydrogens (primary N) is 1. The van der Waals surface area contributed by atoms with Crippen molar-refractivity contribution in [1.29, 1.82) is 0 Å². The summed E-state index contributed by atoms with van der Waals surface area (Å²) in [6.45, 7) is 8.20. The number of benzene rings is 2. The minimum absolute atomic E-state index is 0.100. The Morgan fingerprint density at radius 1 is 1.22 bits per heavy atom. The van der Waals surface area contributed by atoms with Crippen molar-refractivity contribution in [1.82, 2.24) is 24.6 Å². The number of nitrogens with zero attached hydrogens (tertiary/aromatic N) is 4. The van der Waals surface area contributed by atoms with E-state index in [-0.39, 0.29) is 40.8 Å². The maximum atomic E-state index is 14.3. The van der Waals surface area contributed by atoms with Gasteiger partial charge in [0.05, 0.1) is 26.7 Å². The fourth-order valence-electron chi connectivity index (χ4n) is 4.97. The van der Waals surface area contributed by atoms with Gasteiger partial charge in [-0.2, -0.15) is 15.1 Å². The minimum Gasteiger partial charge on any atom is -0.479 e. The van der Waals surface area contributed by atoms with Crippen molar-refractivity contribution in [2.75, 3.05) is 26.1 Å². The summed E-state index contributed by atoms with van der Waals surface area (Å²) in [5.41, 5.74) is 4.11. The highest BCUT2D eigenvalue weighted by Crippen LogP contribution is 2.48. The van der Waals surface area contributed by atoms with Crippen LogP contribution in [0.5, 0.6) is 11.6 Å². The number of fused-ring (bicyclic) bond motifs is 2. The number of carbonyl (C=O) groups is 1. The van der Waals surface area contributed by atoms with Crippen molar-refractivity contribution in [2.45, 2.75) is 64.7 Å². The van der Waals surface area contributed by atoms with Crippen LogP contribution in [0.3, 0.4) is 0 Å². The number of aromatic nitrogens is 4. The molecule has 2 aromatic heterocycles. The van der Waals surface area contributed by atoms with E-state index in [9.17, 15) is 19.6 Å². The molecular formula is C30H39N6O9P. The van der Waals surface area contributed by atoms with Crippen molar-refractivity contribution in [3.05, 3.63) is 48.8 Å². The summed E-state index contributed by atoms with van der Waals surface area (Å²) in [6, 6.07) is 11.4. The molecule has 2 aromatic carbocycles. The summed E-state index contributed by atoms with van der Waals surface area (Å²) in [5, 5.41) is 26.7. The van der Waals surface area contributed by atoms with Gasteiger partial charge in [-0.15, -0.1) is 0 Å². The fourth-order valence-corrected chi connectivity index (χ4v) is 6.49. The first-order chi connectivity index (χ1) is 21.6. The van der Waals surface area contributed by atoms with Gasteiger partial charge in [-0.25, -0.2) is 9.55 Å². The maximum Gasteiger partial charge on any atom is 0.459 e. The van der Waals surface area contributed by atoms with Crippen LogP contribution in [0.15, 0.2) is 48.8 Å². The van der Waals surface area contributed by atoms with Crippen LogP contribution in [0.1, 0.15) is 40.8 Å². The number of imidazole rings is 1. The zero-order chi connectivity index (χ0) is 33.4. The van der Waals surface area contributed by atoms with Crippen LogP contribution in [0.4, 0.5) is 5.95 Å². The van der Waals surface area contributed by atoms with E-state index in [1.807, 2.05) is 39.0 Å². The molecule has 1 fully saturated rings. The number of ether oxygens (including phenoxy) is 3. The highest BCUT2D eigenvalue weighted by molar-refractivity contribution is 7.52. The molecule has 16 heteroatoms. The molecule has 15 nitrogen and oxygen atoms in total. The predicted octanol–water partition coefficient (Wildman–Crippen LogP) is 3.35. The monoisotopic (exact) mass is 658 g/mol. The number of anilines is 1. The molecule has 1 aliphatic rings. The molecule has 6 atom stereocenters. The Bertz CT molecular complexity index is 1770. The average molecular weight is 659 g/mol. The molecule has 5 unspecified atom stereocenters. The van der Waals surface area contributed by atoms with E-state index >= 15 is 0 Å². The van der Waals surface area contributed by atoms with Crippen molar-refractivity contribution >= 4 is 41.6 Å². The number of hydrogen-bond donors (Lipinski definition) is 4. The van der Waals surface area contributed by atoms with Gasteiger partial charge in [-0.05, 0) is 30.7 Å². The number of methoxy groups -OCH3 is 1. The van der Waals surface area contributed by atoms with Gasteiger partial charge in [-0.3, -0.25) is 13.9 Å². The zero-order valence-corrected chi connectivity index (χ0v) is 27.3. The van der Waals surface area contributed by atoms with Gasteiger partial charge < -0.3 is 34.7 Å². The SMILES string of the molecule is COc1nc(N)nc2c1ncn2C1OC(COP(=O)(NC(C)C(=O)OCC(C)(C)C)Oc2cccc3ccccc23)C(O)[C@@]1(C)O. The van der Waals surface area contributed by atoms with Gasteiger partial charge in [-0.1, -0.05) is 57.2 Å². The first-order valence-corrected chi connectivity index (χ1v) is 16.1. The molecular weight excluding hydrogens is 619 g/mol. The Morgan fingerprint density at radius 2 is 1.93 bits per heavy atom. The Morgan fingerprint density at radius 3 is 2.65 bits per heavy atom. The lowest BCUT2D eigenvalue weighted by Gasteiger charge is -2.27. The third kappa shape index (κ3) is 6.94. The highest BCUT2D eigenvalue weighted by atomic mass is 31.2. The Labute approximate surface area is 265 Å². The molecule has 1 aliphatic heterocycles. The summed E-state index contributed by atoms with van der Waals surface area (Å²) in [7, 11) is -2.97. The van der Waals surface area contributed by atoms with Gasteiger partial charge in [0, 0.05) is 5.39 Å². The number of carbonyl (C=O) groups excluding carboxylic acids is 1. The second-order valence-corrected chi connectivity index (χ2v) is 14.2. The summed E-state index contributed by atoms with van der Waals surface area (Å²) in [6.07, 6.45) is -2.63. The van der Waals surface area contributed by atoms with Crippen LogP contribution >= 0.6 is 7.75 Å². The Balaban J connectivity index is 1.40. The van der Waals surface area contributed by atoms with E-state index < -0.39 is 50.4 Å². The van der Waals surface area contributed by atoms with Crippen molar-refractivity contribution < 1.29 is 42.8 Å². The normalized spacial score (nSPS) is 23.7. The van der Waals surface area contributed by atoms with E-state index in [4.69, 9.17) is 29.0 Å². The smallest absolute Gasteiger partial charge is 0.459 e. The van der Waals surface area contributed by atoms with E-state index in [0.717, 1.165) is 5.39 Å². The summed E-state index contributed by atoms with van der Waals surface area (Å²) in [5.74, 6) is -0.411. The number of esters is 1. The largest absolute Gasteiger partial charge is 0.479 e. The molecule has 0 amide bonds. The second-order valence-electron chi connectivity index (χ2n) is 12.5. The lowest BCUT2D eigenvalue weighted by atomic mass is 9.96. The Kier molecular flexibility index (Phi) is 9.28. The lowest BCUT2D eigenvalue weighted by Crippen LogP contribution is -2.44. The predicted molar refractivity (Wildman–Crippen MR) is 168 cm³/mol. The van der Waals surface area contributed by atoms with Crippen molar-refractivity contribution in [3.63, 3.8) is 0 Å². The van der Waals surface area contributed by atoms with Crippen LogP contribution in [0.2, 0.25) is 0 Å². The Hall–Kier alpha value is -3.85. The standard InChI is InChI=1S/C30H39N6O9P/c1-17(26(38)42-15-29(2,3)4)35-46(40,45-20-13-9-11-18-10-7-8-12-19(18)20)43-14-21-23(37)30(5,39)27(44-21)36-16-32-22-24(36)33-28(31)34-25(22)41-6/h7-13,16-17,21,23,27,37,39H,14-15H2,1-6H3,(H,35,40)(H2,31,33,34)/t17?,21?,23?,27?,30-,46?/m1/s1. The molecule has 0 saturated carbocycles. The van der Waals surface area contributed by atoms with Gasteiger partial charge in [0.1, 0.15) is 29.6 Å². The number of hydrogen-bond acceptors (Lipinski definition) is 13. The summed E-state index contributed by atoms with van der Waals surface area (Å²) in [4.78, 5) is 25.3. The third-order valence-electron chi connectivity index (χ3n) is 7.34. The molecule has 3 heterocycles. The van der Waals surface area contributed by atoms with Gasteiger partial charge in [0.25, 0.3) is 0 Å². The number of nitrogens with one attached hydrogen (secondary N) is 1. The van der Waals surface area contributed by atoms with Crippen LogP contribution in [0, 0.1) is 5.41 Å². The highest BCUT2D eigenvalue weighted by Gasteiger charge is 2.54. The minimum atomic E-state index is -4.37. The second kappa shape index (κ2) is 12.7. The van der Waals surface area contributed by atoms with Crippen molar-refractivity contribution in [2.24, 2.45) is 5.41 Å². The lowest BCUT2D eigenvalue weighted by molar-refractivity contribution is -0.148. The third-order valence-corrected chi connectivity index (χ3v) is 8.97. The number of rotatable bonds is 11. The van der Waals surface area contributed by atoms with Crippen LogP contribution < -0.4 is 20.1 Å². The molecule has 0 aliphatic carbocycles. The maximum absolute atomic E-state index is 14.3. The zero-order valence-electron chi connectivity index (χ0n) is 26.4. The molecule has 0 bridgehead atoms. The average Bonchev–Trinajstić information content (AvgIpc) is 3.51. The van der Waals surface area contributed by atoms with Crippen molar-refractivity contribution in [3.8, 4) is 11.6 Å². The fraction of sp³-hybridized carbons (Fsp3) is 0.467. The first-order valence-electron chi connectivity index (χ1n) is 14.6. The molecule has 0 spiro atoms. The number of aliphatic hydroxyl groups is 2. The van der Waals surface area contributed by atoms with Gasteiger partial charge in [0.15, 0.2) is 17.4 Å². The number of aliphatic hydroxyl groups excluding tert-OH is 1. The quantitative estimate of drug-likeness (QED) is 0.135.